The number of imidazole rings is 1. The number of rotatable bonds is 3. The molecule has 0 fully saturated rings. The molecular formula is C13H17N5. The van der Waals surface area contributed by atoms with Gasteiger partial charge in [-0.2, -0.15) is 0 Å². The number of aromatic nitrogens is 4. The molecule has 0 radical (unpaired) electrons. The molecule has 2 aromatic rings. The summed E-state index contributed by atoms with van der Waals surface area (Å²) in [5.74, 6) is 0.958. The van der Waals surface area contributed by atoms with E-state index in [2.05, 4.69) is 31.8 Å². The molecule has 0 unspecified atom stereocenters. The number of aryl methyl sites for hydroxylation is 1. The van der Waals surface area contributed by atoms with E-state index in [1.807, 2.05) is 12.4 Å². The first-order valence-corrected chi connectivity index (χ1v) is 6.45. The molecule has 0 amide bonds. The summed E-state index contributed by atoms with van der Waals surface area (Å²) < 4.78 is 2.16. The zero-order valence-electron chi connectivity index (χ0n) is 10.6. The Morgan fingerprint density at radius 3 is 3.17 bits per heavy atom. The van der Waals surface area contributed by atoms with Crippen LogP contribution in [-0.4, -0.2) is 26.1 Å². The highest BCUT2D eigenvalue weighted by Gasteiger charge is 2.18. The fourth-order valence-electron chi connectivity index (χ4n) is 2.41. The summed E-state index contributed by atoms with van der Waals surface area (Å²) in [4.78, 5) is 13.3. The van der Waals surface area contributed by atoms with Crippen LogP contribution in [-0.2, 0) is 19.5 Å². The van der Waals surface area contributed by atoms with Gasteiger partial charge in [-0.25, -0.2) is 15.0 Å². The van der Waals surface area contributed by atoms with Crippen LogP contribution in [0.4, 0.5) is 0 Å². The van der Waals surface area contributed by atoms with Gasteiger partial charge in [-0.1, -0.05) is 6.92 Å². The van der Waals surface area contributed by atoms with Gasteiger partial charge in [-0.15, -0.1) is 0 Å². The van der Waals surface area contributed by atoms with Crippen molar-refractivity contribution < 1.29 is 0 Å². The Morgan fingerprint density at radius 1 is 1.33 bits per heavy atom. The third-order valence-corrected chi connectivity index (χ3v) is 3.27. The maximum atomic E-state index is 4.46. The second-order valence-electron chi connectivity index (χ2n) is 4.52. The topological polar surface area (TPSA) is 55.6 Å². The van der Waals surface area contributed by atoms with Crippen LogP contribution in [0.3, 0.4) is 0 Å². The third-order valence-electron chi connectivity index (χ3n) is 3.27. The SMILES string of the molecule is CCCn1ccnc1-c1ncnc2c1CNCC2. The van der Waals surface area contributed by atoms with Gasteiger partial charge in [0.2, 0.25) is 0 Å². The lowest BCUT2D eigenvalue weighted by atomic mass is 10.1. The summed E-state index contributed by atoms with van der Waals surface area (Å²) in [6, 6.07) is 0. The van der Waals surface area contributed by atoms with Gasteiger partial charge in [-0.05, 0) is 6.42 Å². The summed E-state index contributed by atoms with van der Waals surface area (Å²) >= 11 is 0. The van der Waals surface area contributed by atoms with E-state index in [9.17, 15) is 0 Å². The van der Waals surface area contributed by atoms with Crippen LogP contribution in [0.2, 0.25) is 0 Å². The maximum absolute atomic E-state index is 4.46. The van der Waals surface area contributed by atoms with Crippen molar-refractivity contribution in [3.8, 4) is 11.5 Å². The quantitative estimate of drug-likeness (QED) is 0.885. The predicted octanol–water partition coefficient (Wildman–Crippen LogP) is 1.40. The summed E-state index contributed by atoms with van der Waals surface area (Å²) in [6.07, 6.45) is 7.58. The highest BCUT2D eigenvalue weighted by Crippen LogP contribution is 2.23. The van der Waals surface area contributed by atoms with Gasteiger partial charge in [0.1, 0.15) is 12.0 Å². The average molecular weight is 243 g/mol. The lowest BCUT2D eigenvalue weighted by molar-refractivity contribution is 0.623. The van der Waals surface area contributed by atoms with Crippen molar-refractivity contribution in [3.63, 3.8) is 0 Å². The maximum Gasteiger partial charge on any atom is 0.159 e. The molecule has 0 atom stereocenters. The fraction of sp³-hybridized carbons (Fsp3) is 0.462. The minimum Gasteiger partial charge on any atom is -0.330 e. The predicted molar refractivity (Wildman–Crippen MR) is 69.0 cm³/mol. The van der Waals surface area contributed by atoms with Crippen molar-refractivity contribution >= 4 is 0 Å². The zero-order chi connectivity index (χ0) is 12.4. The summed E-state index contributed by atoms with van der Waals surface area (Å²) in [6.45, 7) is 4.97. The smallest absolute Gasteiger partial charge is 0.159 e. The summed E-state index contributed by atoms with van der Waals surface area (Å²) in [7, 11) is 0. The van der Waals surface area contributed by atoms with Crippen LogP contribution in [0.1, 0.15) is 24.6 Å². The summed E-state index contributed by atoms with van der Waals surface area (Å²) in [5.41, 5.74) is 3.34. The molecule has 0 saturated heterocycles. The molecule has 18 heavy (non-hydrogen) atoms. The second-order valence-corrected chi connectivity index (χ2v) is 4.52. The van der Waals surface area contributed by atoms with Gasteiger partial charge in [0.25, 0.3) is 0 Å². The van der Waals surface area contributed by atoms with Crippen molar-refractivity contribution in [2.75, 3.05) is 6.54 Å². The van der Waals surface area contributed by atoms with E-state index in [1.165, 1.54) is 5.56 Å². The van der Waals surface area contributed by atoms with Crippen molar-refractivity contribution in [3.05, 3.63) is 30.0 Å². The third kappa shape index (κ3) is 1.90. The molecule has 1 N–H and O–H groups in total. The number of hydrogen-bond donors (Lipinski definition) is 1. The average Bonchev–Trinajstić information content (AvgIpc) is 2.87. The van der Waals surface area contributed by atoms with Gasteiger partial charge in [0, 0.05) is 44.0 Å². The normalized spacial score (nSPS) is 14.5. The minimum absolute atomic E-state index is 0.838. The van der Waals surface area contributed by atoms with Crippen LogP contribution < -0.4 is 5.32 Å². The Morgan fingerprint density at radius 2 is 2.28 bits per heavy atom. The monoisotopic (exact) mass is 243 g/mol. The molecule has 2 aromatic heterocycles. The molecule has 0 bridgehead atoms. The Kier molecular flexibility index (Phi) is 3.06. The van der Waals surface area contributed by atoms with Crippen molar-refractivity contribution in [1.29, 1.82) is 0 Å². The van der Waals surface area contributed by atoms with Crippen LogP contribution >= 0.6 is 0 Å². The lowest BCUT2D eigenvalue weighted by Gasteiger charge is -2.18. The Bertz CT molecular complexity index is 546. The molecule has 0 aliphatic carbocycles. The molecule has 0 aromatic carbocycles. The molecule has 1 aliphatic rings. The fourth-order valence-corrected chi connectivity index (χ4v) is 2.41. The molecule has 0 spiro atoms. The molecule has 5 nitrogen and oxygen atoms in total. The van der Waals surface area contributed by atoms with Crippen LogP contribution in [0.15, 0.2) is 18.7 Å². The van der Waals surface area contributed by atoms with E-state index < -0.39 is 0 Å². The van der Waals surface area contributed by atoms with Crippen molar-refractivity contribution in [2.45, 2.75) is 32.9 Å². The number of nitrogens with one attached hydrogen (secondary N) is 1. The van der Waals surface area contributed by atoms with Gasteiger partial charge in [0.05, 0.1) is 5.69 Å². The van der Waals surface area contributed by atoms with Crippen LogP contribution in [0, 0.1) is 0 Å². The standard InChI is InChI=1S/C13H17N5/c1-2-6-18-7-5-15-13(18)12-10-8-14-4-3-11(10)16-9-17-12/h5,7,9,14H,2-4,6,8H2,1H3. The Hall–Kier alpha value is -1.75. The second kappa shape index (κ2) is 4.86. The molecule has 3 heterocycles. The Labute approximate surface area is 106 Å². The first-order valence-electron chi connectivity index (χ1n) is 6.45. The largest absolute Gasteiger partial charge is 0.330 e. The van der Waals surface area contributed by atoms with Crippen LogP contribution in [0.5, 0.6) is 0 Å². The van der Waals surface area contributed by atoms with Gasteiger partial charge < -0.3 is 9.88 Å². The highest BCUT2D eigenvalue weighted by molar-refractivity contribution is 5.56. The van der Waals surface area contributed by atoms with Crippen molar-refractivity contribution in [2.24, 2.45) is 0 Å². The molecule has 0 saturated carbocycles. The van der Waals surface area contributed by atoms with Gasteiger partial charge in [0.15, 0.2) is 5.82 Å². The lowest BCUT2D eigenvalue weighted by Crippen LogP contribution is -2.26. The molecular weight excluding hydrogens is 226 g/mol. The number of fused-ring (bicyclic) bond motifs is 1. The number of nitrogens with zero attached hydrogens (tertiary/aromatic N) is 4. The van der Waals surface area contributed by atoms with E-state index >= 15 is 0 Å². The zero-order valence-corrected chi connectivity index (χ0v) is 10.6. The van der Waals surface area contributed by atoms with E-state index in [1.54, 1.807) is 6.33 Å². The van der Waals surface area contributed by atoms with E-state index in [0.29, 0.717) is 0 Å². The van der Waals surface area contributed by atoms with Gasteiger partial charge in [-0.3, -0.25) is 0 Å². The minimum atomic E-state index is 0.838. The van der Waals surface area contributed by atoms with Crippen LogP contribution in [0.25, 0.3) is 11.5 Å². The molecule has 3 rings (SSSR count). The molecule has 1 aliphatic heterocycles. The van der Waals surface area contributed by atoms with E-state index in [-0.39, 0.29) is 0 Å². The van der Waals surface area contributed by atoms with Gasteiger partial charge >= 0.3 is 0 Å². The first kappa shape index (κ1) is 11.3. The number of hydrogen-bond acceptors (Lipinski definition) is 4. The highest BCUT2D eigenvalue weighted by atomic mass is 15.1. The van der Waals surface area contributed by atoms with E-state index in [4.69, 9.17) is 0 Å². The summed E-state index contributed by atoms with van der Waals surface area (Å²) in [5, 5.41) is 3.38. The molecule has 5 heteroatoms. The first-order chi connectivity index (χ1) is 8.90. The Balaban J connectivity index is 2.08. The molecule has 94 valence electrons. The van der Waals surface area contributed by atoms with E-state index in [0.717, 1.165) is 49.7 Å². The van der Waals surface area contributed by atoms with Crippen molar-refractivity contribution in [1.82, 2.24) is 24.8 Å².